The normalized spacial score (nSPS) is 13.5. The van der Waals surface area contributed by atoms with Gasteiger partial charge < -0.3 is 9.32 Å². The third kappa shape index (κ3) is 3.67. The van der Waals surface area contributed by atoms with E-state index in [1.54, 1.807) is 0 Å². The van der Waals surface area contributed by atoms with Crippen molar-refractivity contribution in [3.63, 3.8) is 0 Å². The zero-order valence-corrected chi connectivity index (χ0v) is 26.3. The highest BCUT2D eigenvalue weighted by Gasteiger charge is 2.35. The van der Waals surface area contributed by atoms with Crippen molar-refractivity contribution in [1.82, 2.24) is 0 Å². The van der Waals surface area contributed by atoms with E-state index in [2.05, 4.69) is 164 Å². The Labute approximate surface area is 273 Å². The second-order valence-corrected chi connectivity index (χ2v) is 13.3. The number of hydrogen-bond acceptors (Lipinski definition) is 2. The molecule has 2 heteroatoms. The number of para-hydroxylation sites is 2. The Hall–Kier alpha value is -5.86. The molecule has 0 atom stereocenters. The van der Waals surface area contributed by atoms with Gasteiger partial charge in [-0.05, 0) is 104 Å². The largest absolute Gasteiger partial charge is 0.456 e. The predicted molar refractivity (Wildman–Crippen MR) is 198 cm³/mol. The molecular weight excluding hydrogens is 571 g/mol. The first-order valence-electron chi connectivity index (χ1n) is 16.4. The Balaban J connectivity index is 1.26. The molecule has 0 unspecified atom stereocenters. The van der Waals surface area contributed by atoms with Crippen molar-refractivity contribution in [2.24, 2.45) is 0 Å². The molecule has 0 spiro atoms. The predicted octanol–water partition coefficient (Wildman–Crippen LogP) is 12.8. The molecule has 1 aliphatic rings. The first-order valence-corrected chi connectivity index (χ1v) is 16.4. The fourth-order valence-corrected chi connectivity index (χ4v) is 8.24. The highest BCUT2D eigenvalue weighted by Crippen LogP contribution is 2.51. The lowest BCUT2D eigenvalue weighted by Crippen LogP contribution is -2.16. The molecular formula is C45H31NO. The monoisotopic (exact) mass is 601 g/mol. The van der Waals surface area contributed by atoms with Crippen LogP contribution in [0.2, 0.25) is 0 Å². The van der Waals surface area contributed by atoms with E-state index in [0.717, 1.165) is 33.6 Å². The number of rotatable bonds is 3. The van der Waals surface area contributed by atoms with E-state index in [9.17, 15) is 0 Å². The highest BCUT2D eigenvalue weighted by molar-refractivity contribution is 6.34. The molecule has 0 fully saturated rings. The van der Waals surface area contributed by atoms with Gasteiger partial charge in [0.1, 0.15) is 11.2 Å². The van der Waals surface area contributed by atoms with Gasteiger partial charge in [0, 0.05) is 38.6 Å². The molecule has 47 heavy (non-hydrogen) atoms. The van der Waals surface area contributed by atoms with E-state index >= 15 is 0 Å². The summed E-state index contributed by atoms with van der Waals surface area (Å²) in [5.41, 5.74) is 10.6. The Morgan fingerprint density at radius 1 is 0.404 bits per heavy atom. The van der Waals surface area contributed by atoms with E-state index in [0.29, 0.717) is 0 Å². The van der Waals surface area contributed by atoms with Gasteiger partial charge in [0.15, 0.2) is 0 Å². The Morgan fingerprint density at radius 3 is 1.89 bits per heavy atom. The molecule has 1 heterocycles. The number of furan rings is 1. The summed E-state index contributed by atoms with van der Waals surface area (Å²) in [6.07, 6.45) is 0. The third-order valence-electron chi connectivity index (χ3n) is 10.4. The SMILES string of the molecule is CC1(C)c2ccccc2-c2ccc(N(c3ccccc3)c3ccc4c5ccccc5c5c(ccc6oc7ccccc7c65)c4c3)cc21. The summed E-state index contributed by atoms with van der Waals surface area (Å²) < 4.78 is 6.37. The van der Waals surface area contributed by atoms with E-state index in [1.807, 2.05) is 6.07 Å². The van der Waals surface area contributed by atoms with E-state index < -0.39 is 0 Å². The lowest BCUT2D eigenvalue weighted by atomic mass is 9.82. The summed E-state index contributed by atoms with van der Waals surface area (Å²) in [7, 11) is 0. The first kappa shape index (κ1) is 26.4. The Morgan fingerprint density at radius 2 is 1.02 bits per heavy atom. The minimum absolute atomic E-state index is 0.0818. The van der Waals surface area contributed by atoms with Gasteiger partial charge in [-0.25, -0.2) is 0 Å². The van der Waals surface area contributed by atoms with Gasteiger partial charge in [0.05, 0.1) is 0 Å². The molecule has 0 amide bonds. The minimum Gasteiger partial charge on any atom is -0.456 e. The van der Waals surface area contributed by atoms with Gasteiger partial charge in [0.2, 0.25) is 0 Å². The molecule has 222 valence electrons. The Kier molecular flexibility index (Phi) is 5.37. The van der Waals surface area contributed by atoms with Crippen LogP contribution in [-0.2, 0) is 5.41 Å². The number of hydrogen-bond donors (Lipinski definition) is 0. The van der Waals surface area contributed by atoms with Crippen LogP contribution in [0.5, 0.6) is 0 Å². The average molecular weight is 602 g/mol. The number of nitrogens with zero attached hydrogens (tertiary/aromatic N) is 1. The molecule has 0 saturated heterocycles. The summed E-state index contributed by atoms with van der Waals surface area (Å²) in [5, 5.41) is 9.81. The summed E-state index contributed by atoms with van der Waals surface area (Å²) in [6, 6.07) is 55.2. The average Bonchev–Trinajstić information content (AvgIpc) is 3.61. The van der Waals surface area contributed by atoms with Crippen LogP contribution in [0.15, 0.2) is 156 Å². The molecule has 9 aromatic rings. The fraction of sp³-hybridized carbons (Fsp3) is 0.0667. The molecule has 8 aromatic carbocycles. The van der Waals surface area contributed by atoms with Gasteiger partial charge in [-0.3, -0.25) is 0 Å². The molecule has 2 nitrogen and oxygen atoms in total. The number of benzene rings is 8. The van der Waals surface area contributed by atoms with Crippen LogP contribution < -0.4 is 4.90 Å². The number of fused-ring (bicyclic) bond motifs is 13. The third-order valence-corrected chi connectivity index (χ3v) is 10.4. The van der Waals surface area contributed by atoms with E-state index in [-0.39, 0.29) is 5.41 Å². The molecule has 0 saturated carbocycles. The van der Waals surface area contributed by atoms with E-state index in [1.165, 1.54) is 60.0 Å². The summed E-state index contributed by atoms with van der Waals surface area (Å²) in [4.78, 5) is 2.41. The highest BCUT2D eigenvalue weighted by atomic mass is 16.3. The van der Waals surface area contributed by atoms with Crippen LogP contribution in [0.3, 0.4) is 0 Å². The topological polar surface area (TPSA) is 16.4 Å². The zero-order valence-electron chi connectivity index (χ0n) is 26.3. The van der Waals surface area contributed by atoms with Crippen molar-refractivity contribution in [3.05, 3.63) is 163 Å². The smallest absolute Gasteiger partial charge is 0.136 e. The first-order chi connectivity index (χ1) is 23.1. The van der Waals surface area contributed by atoms with Crippen LogP contribution in [-0.4, -0.2) is 0 Å². The van der Waals surface area contributed by atoms with Crippen LogP contribution in [0, 0.1) is 0 Å². The second kappa shape index (κ2) is 9.57. The summed E-state index contributed by atoms with van der Waals surface area (Å²) >= 11 is 0. The maximum Gasteiger partial charge on any atom is 0.136 e. The lowest BCUT2D eigenvalue weighted by molar-refractivity contribution is 0.660. The van der Waals surface area contributed by atoms with Crippen molar-refractivity contribution in [2.75, 3.05) is 4.90 Å². The molecule has 10 rings (SSSR count). The van der Waals surface area contributed by atoms with Crippen LogP contribution in [0.4, 0.5) is 17.1 Å². The lowest BCUT2D eigenvalue weighted by Gasteiger charge is -2.28. The zero-order chi connectivity index (χ0) is 31.3. The van der Waals surface area contributed by atoms with Crippen molar-refractivity contribution >= 4 is 71.3 Å². The second-order valence-electron chi connectivity index (χ2n) is 13.3. The van der Waals surface area contributed by atoms with Crippen LogP contribution in [0.25, 0.3) is 65.4 Å². The number of anilines is 3. The molecule has 0 bridgehead atoms. The maximum atomic E-state index is 6.37. The fourth-order valence-electron chi connectivity index (χ4n) is 8.24. The standard InChI is InChI=1S/C45H31NO/c1-45(2)39-18-10-8-15-33(39)34-23-21-30(27-40(34)45)46(28-12-4-3-5-13-28)29-20-22-32-31-14-6-7-16-35(31)43-36(38(32)26-29)24-25-42-44(43)37-17-9-11-19-41(37)47-42/h3-27H,1-2H3. The van der Waals surface area contributed by atoms with Gasteiger partial charge in [-0.1, -0.05) is 111 Å². The summed E-state index contributed by atoms with van der Waals surface area (Å²) in [6.45, 7) is 4.70. The summed E-state index contributed by atoms with van der Waals surface area (Å²) in [5.74, 6) is 0. The molecule has 0 N–H and O–H groups in total. The van der Waals surface area contributed by atoms with Gasteiger partial charge in [0.25, 0.3) is 0 Å². The van der Waals surface area contributed by atoms with Gasteiger partial charge in [-0.15, -0.1) is 0 Å². The van der Waals surface area contributed by atoms with Crippen LogP contribution >= 0.6 is 0 Å². The molecule has 0 radical (unpaired) electrons. The Bertz CT molecular complexity index is 2720. The maximum absolute atomic E-state index is 6.37. The van der Waals surface area contributed by atoms with Crippen molar-refractivity contribution < 1.29 is 4.42 Å². The quantitative estimate of drug-likeness (QED) is 0.187. The van der Waals surface area contributed by atoms with Crippen LogP contribution in [0.1, 0.15) is 25.0 Å². The van der Waals surface area contributed by atoms with E-state index in [4.69, 9.17) is 4.42 Å². The van der Waals surface area contributed by atoms with Crippen molar-refractivity contribution in [3.8, 4) is 11.1 Å². The van der Waals surface area contributed by atoms with Gasteiger partial charge in [-0.2, -0.15) is 0 Å². The van der Waals surface area contributed by atoms with Crippen molar-refractivity contribution in [1.29, 1.82) is 0 Å². The minimum atomic E-state index is -0.0818. The molecule has 1 aromatic heterocycles. The molecule has 1 aliphatic carbocycles. The van der Waals surface area contributed by atoms with Crippen molar-refractivity contribution in [2.45, 2.75) is 19.3 Å². The van der Waals surface area contributed by atoms with Gasteiger partial charge >= 0.3 is 0 Å². The molecule has 0 aliphatic heterocycles.